The maximum absolute atomic E-state index is 12.8. The van der Waals surface area contributed by atoms with Crippen molar-refractivity contribution in [1.82, 2.24) is 20.5 Å². The summed E-state index contributed by atoms with van der Waals surface area (Å²) in [7, 11) is 0. The lowest BCUT2D eigenvalue weighted by Crippen LogP contribution is -2.31. The molecule has 0 fully saturated rings. The molecule has 130 valence electrons. The van der Waals surface area contributed by atoms with Gasteiger partial charge in [-0.15, -0.1) is 5.10 Å². The largest absolute Gasteiger partial charge is 0.416 e. The Kier molecular flexibility index (Phi) is 4.55. The molecule has 0 radical (unpaired) electrons. The summed E-state index contributed by atoms with van der Waals surface area (Å²) in [5.41, 5.74) is 0.334. The number of nitrogens with zero attached hydrogens (tertiary/aromatic N) is 3. The van der Waals surface area contributed by atoms with E-state index >= 15 is 0 Å². The number of fused-ring (bicyclic) bond motifs is 1. The van der Waals surface area contributed by atoms with Crippen LogP contribution in [0.3, 0.4) is 0 Å². The van der Waals surface area contributed by atoms with Crippen molar-refractivity contribution in [2.75, 3.05) is 6.61 Å². The van der Waals surface area contributed by atoms with E-state index in [1.54, 1.807) is 0 Å². The summed E-state index contributed by atoms with van der Waals surface area (Å²) in [6.07, 6.45) is -4.49. The van der Waals surface area contributed by atoms with E-state index in [1.165, 1.54) is 6.07 Å². The van der Waals surface area contributed by atoms with Crippen LogP contribution in [-0.2, 0) is 17.5 Å². The quantitative estimate of drug-likeness (QED) is 0.766. The fraction of sp³-hybridized carbons (Fsp3) is 0.188. The Morgan fingerprint density at radius 2 is 1.92 bits per heavy atom. The zero-order chi connectivity index (χ0) is 17.9. The molecule has 0 aliphatic heterocycles. The Bertz CT molecular complexity index is 878. The smallest absolute Gasteiger partial charge is 0.385 e. The number of rotatable bonds is 5. The summed E-state index contributed by atoms with van der Waals surface area (Å²) >= 11 is 0. The predicted octanol–water partition coefficient (Wildman–Crippen LogP) is 2.20. The molecule has 0 bridgehead atoms. The van der Waals surface area contributed by atoms with E-state index in [1.807, 2.05) is 30.3 Å². The fourth-order valence-electron chi connectivity index (χ4n) is 2.14. The summed E-state index contributed by atoms with van der Waals surface area (Å²) in [6.45, 7) is -0.0824. The van der Waals surface area contributed by atoms with Gasteiger partial charge in [0.05, 0.1) is 5.56 Å². The van der Waals surface area contributed by atoms with Crippen LogP contribution in [0, 0.1) is 0 Å². The second-order valence-electron chi connectivity index (χ2n) is 5.20. The SMILES string of the molecule is O=C(COn1nnc2ccc(C(F)(F)F)cc21)NCc1ccccc1. The van der Waals surface area contributed by atoms with Gasteiger partial charge in [0.1, 0.15) is 11.0 Å². The molecule has 0 saturated heterocycles. The lowest BCUT2D eigenvalue weighted by Gasteiger charge is -2.08. The molecule has 0 unspecified atom stereocenters. The topological polar surface area (TPSA) is 69.0 Å². The van der Waals surface area contributed by atoms with Crippen molar-refractivity contribution in [2.24, 2.45) is 0 Å². The summed E-state index contributed by atoms with van der Waals surface area (Å²) in [5.74, 6) is -0.431. The minimum Gasteiger partial charge on any atom is -0.385 e. The van der Waals surface area contributed by atoms with Gasteiger partial charge < -0.3 is 10.2 Å². The highest BCUT2D eigenvalue weighted by Crippen LogP contribution is 2.30. The van der Waals surface area contributed by atoms with E-state index in [4.69, 9.17) is 4.84 Å². The lowest BCUT2D eigenvalue weighted by molar-refractivity contribution is -0.137. The minimum atomic E-state index is -4.49. The van der Waals surface area contributed by atoms with Crippen LogP contribution in [-0.4, -0.2) is 27.7 Å². The van der Waals surface area contributed by atoms with Crippen molar-refractivity contribution >= 4 is 16.9 Å². The second-order valence-corrected chi connectivity index (χ2v) is 5.20. The van der Waals surface area contributed by atoms with Crippen LogP contribution in [0.1, 0.15) is 11.1 Å². The molecule has 3 aromatic rings. The van der Waals surface area contributed by atoms with Crippen molar-refractivity contribution in [3.05, 3.63) is 59.7 Å². The Balaban J connectivity index is 1.63. The standard InChI is InChI=1S/C16H13F3N4O2/c17-16(18,19)12-6-7-13-14(8-12)23(22-21-13)25-10-15(24)20-9-11-4-2-1-3-5-11/h1-8H,9-10H2,(H,20,24). The Morgan fingerprint density at radius 1 is 1.16 bits per heavy atom. The second kappa shape index (κ2) is 6.80. The van der Waals surface area contributed by atoms with Crippen molar-refractivity contribution in [1.29, 1.82) is 0 Å². The average molecular weight is 350 g/mol. The molecule has 0 aliphatic rings. The molecule has 0 spiro atoms. The number of aromatic nitrogens is 3. The molecule has 1 amide bonds. The van der Waals surface area contributed by atoms with Crippen LogP contribution in [0.4, 0.5) is 13.2 Å². The molecule has 9 heteroatoms. The summed E-state index contributed by atoms with van der Waals surface area (Å²) in [6, 6.07) is 12.2. The van der Waals surface area contributed by atoms with Crippen LogP contribution in [0.25, 0.3) is 11.0 Å². The fourth-order valence-corrected chi connectivity index (χ4v) is 2.14. The molecule has 25 heavy (non-hydrogen) atoms. The Labute approximate surface area is 140 Å². The van der Waals surface area contributed by atoms with Gasteiger partial charge in [-0.2, -0.15) is 13.2 Å². The number of hydrogen-bond donors (Lipinski definition) is 1. The summed E-state index contributed by atoms with van der Waals surface area (Å²) in [4.78, 5) is 17.7. The Hall–Kier alpha value is -3.10. The first-order valence-electron chi connectivity index (χ1n) is 7.30. The van der Waals surface area contributed by atoms with Crippen LogP contribution >= 0.6 is 0 Å². The van der Waals surface area contributed by atoms with Crippen LogP contribution in [0.5, 0.6) is 0 Å². The zero-order valence-corrected chi connectivity index (χ0v) is 12.8. The van der Waals surface area contributed by atoms with Gasteiger partial charge in [0, 0.05) is 6.54 Å². The third-order valence-corrected chi connectivity index (χ3v) is 3.39. The maximum atomic E-state index is 12.8. The van der Waals surface area contributed by atoms with Crippen LogP contribution in [0.2, 0.25) is 0 Å². The molecule has 6 nitrogen and oxygen atoms in total. The average Bonchev–Trinajstić information content (AvgIpc) is 3.00. The van der Waals surface area contributed by atoms with Gasteiger partial charge in [0.25, 0.3) is 5.91 Å². The van der Waals surface area contributed by atoms with E-state index in [9.17, 15) is 18.0 Å². The van der Waals surface area contributed by atoms with E-state index < -0.39 is 24.3 Å². The van der Waals surface area contributed by atoms with Crippen LogP contribution in [0.15, 0.2) is 48.5 Å². The number of benzene rings is 2. The third-order valence-electron chi connectivity index (χ3n) is 3.39. The highest BCUT2D eigenvalue weighted by molar-refractivity contribution is 5.78. The highest BCUT2D eigenvalue weighted by Gasteiger charge is 2.31. The number of carbonyl (C=O) groups excluding carboxylic acids is 1. The van der Waals surface area contributed by atoms with Gasteiger partial charge in [-0.1, -0.05) is 35.2 Å². The van der Waals surface area contributed by atoms with Crippen molar-refractivity contribution in [3.8, 4) is 0 Å². The van der Waals surface area contributed by atoms with Gasteiger partial charge in [-0.25, -0.2) is 0 Å². The minimum absolute atomic E-state index is 0.0330. The highest BCUT2D eigenvalue weighted by atomic mass is 19.4. The van der Waals surface area contributed by atoms with Crippen molar-refractivity contribution in [2.45, 2.75) is 12.7 Å². The van der Waals surface area contributed by atoms with Gasteiger partial charge in [0.15, 0.2) is 6.61 Å². The number of alkyl halides is 3. The molecule has 1 N–H and O–H groups in total. The number of carbonyl (C=O) groups is 1. The molecule has 1 aromatic heterocycles. The van der Waals surface area contributed by atoms with E-state index in [0.29, 0.717) is 6.54 Å². The van der Waals surface area contributed by atoms with Gasteiger partial charge >= 0.3 is 6.18 Å². The first-order chi connectivity index (χ1) is 11.9. The molecule has 0 saturated carbocycles. The summed E-state index contributed by atoms with van der Waals surface area (Å²) in [5, 5.41) is 9.95. The normalized spacial score (nSPS) is 11.5. The number of nitrogens with one attached hydrogen (secondary N) is 1. The molecular weight excluding hydrogens is 337 g/mol. The molecule has 2 aromatic carbocycles. The number of hydrogen-bond acceptors (Lipinski definition) is 4. The first-order valence-corrected chi connectivity index (χ1v) is 7.30. The molecular formula is C16H13F3N4O2. The molecule has 3 rings (SSSR count). The van der Waals surface area contributed by atoms with E-state index in [-0.39, 0.29) is 11.0 Å². The lowest BCUT2D eigenvalue weighted by atomic mass is 10.2. The monoisotopic (exact) mass is 350 g/mol. The van der Waals surface area contributed by atoms with Crippen LogP contribution < -0.4 is 10.2 Å². The van der Waals surface area contributed by atoms with E-state index in [0.717, 1.165) is 22.5 Å². The molecule has 0 atom stereocenters. The number of halogens is 3. The molecule has 0 aliphatic carbocycles. The van der Waals surface area contributed by atoms with Gasteiger partial charge in [-0.05, 0) is 29.0 Å². The van der Waals surface area contributed by atoms with Crippen molar-refractivity contribution in [3.63, 3.8) is 0 Å². The van der Waals surface area contributed by atoms with E-state index in [2.05, 4.69) is 15.6 Å². The third kappa shape index (κ3) is 4.06. The van der Waals surface area contributed by atoms with Gasteiger partial charge in [0.2, 0.25) is 0 Å². The Morgan fingerprint density at radius 3 is 2.64 bits per heavy atom. The first kappa shape index (κ1) is 16.7. The predicted molar refractivity (Wildman–Crippen MR) is 82.3 cm³/mol. The maximum Gasteiger partial charge on any atom is 0.416 e. The number of amides is 1. The van der Waals surface area contributed by atoms with Crippen molar-refractivity contribution < 1.29 is 22.8 Å². The zero-order valence-electron chi connectivity index (χ0n) is 12.8. The summed E-state index contributed by atoms with van der Waals surface area (Å²) < 4.78 is 38.3. The molecule has 1 heterocycles. The van der Waals surface area contributed by atoms with Gasteiger partial charge in [-0.3, -0.25) is 4.79 Å².